The third-order valence-corrected chi connectivity index (χ3v) is 6.62. The summed E-state index contributed by atoms with van der Waals surface area (Å²) in [5.41, 5.74) is 6.53. The van der Waals surface area contributed by atoms with Crippen molar-refractivity contribution in [1.29, 1.82) is 0 Å². The first-order chi connectivity index (χ1) is 13.8. The Hall–Kier alpha value is -2.04. The number of nitrogens with zero attached hydrogens (tertiary/aromatic N) is 1. The Kier molecular flexibility index (Phi) is 6.86. The van der Waals surface area contributed by atoms with Crippen molar-refractivity contribution in [2.24, 2.45) is 0 Å². The predicted octanol–water partition coefficient (Wildman–Crippen LogP) is 2.17. The molecule has 29 heavy (non-hydrogen) atoms. The average Bonchev–Trinajstić information content (AvgIpc) is 3.20. The fourth-order valence-electron chi connectivity index (χ4n) is 3.44. The Labute approximate surface area is 180 Å². The lowest BCUT2D eigenvalue weighted by atomic mass is 10.1. The molecule has 0 aliphatic heterocycles. The number of aliphatic hydroxyl groups is 1. The number of nitrogen functional groups attached to an aromatic ring is 1. The second-order valence-electron chi connectivity index (χ2n) is 6.97. The summed E-state index contributed by atoms with van der Waals surface area (Å²) in [7, 11) is 0. The molecule has 156 valence electrons. The largest absolute Gasteiger partial charge is 0.391 e. The highest BCUT2D eigenvalue weighted by atomic mass is 79.9. The number of carbonyl (C=O) groups excluding carboxylic acids is 2. The van der Waals surface area contributed by atoms with E-state index in [1.165, 1.54) is 23.5 Å². The minimum absolute atomic E-state index is 0.0173. The molecule has 0 radical (unpaired) electrons. The minimum Gasteiger partial charge on any atom is -0.391 e. The van der Waals surface area contributed by atoms with Crippen LogP contribution < -0.4 is 16.4 Å². The van der Waals surface area contributed by atoms with E-state index in [1.807, 2.05) is 6.92 Å². The van der Waals surface area contributed by atoms with Gasteiger partial charge in [-0.3, -0.25) is 9.59 Å². The van der Waals surface area contributed by atoms with Crippen LogP contribution in [0, 0.1) is 5.82 Å². The molecule has 0 saturated heterocycles. The summed E-state index contributed by atoms with van der Waals surface area (Å²) < 4.78 is 14.0. The molecule has 1 aromatic heterocycles. The first-order valence-electron chi connectivity index (χ1n) is 9.24. The number of aryl methyl sites for hydroxylation is 1. The fourth-order valence-corrected chi connectivity index (χ4v) is 4.59. The van der Waals surface area contributed by atoms with Crippen molar-refractivity contribution in [3.8, 4) is 0 Å². The van der Waals surface area contributed by atoms with Crippen molar-refractivity contribution in [2.45, 2.75) is 50.8 Å². The van der Waals surface area contributed by atoms with E-state index in [-0.39, 0.29) is 24.3 Å². The third-order valence-electron chi connectivity index (χ3n) is 4.82. The van der Waals surface area contributed by atoms with Crippen LogP contribution in [0.15, 0.2) is 22.7 Å². The van der Waals surface area contributed by atoms with E-state index in [0.717, 1.165) is 4.88 Å². The van der Waals surface area contributed by atoms with Crippen LogP contribution in [0.5, 0.6) is 0 Å². The molecule has 1 aliphatic carbocycles. The van der Waals surface area contributed by atoms with Crippen molar-refractivity contribution < 1.29 is 19.1 Å². The van der Waals surface area contributed by atoms with Gasteiger partial charge < -0.3 is 21.5 Å². The number of benzene rings is 1. The van der Waals surface area contributed by atoms with Crippen LogP contribution >= 0.6 is 27.3 Å². The number of aliphatic hydroxyl groups excluding tert-OH is 1. The second kappa shape index (κ2) is 9.19. The minimum atomic E-state index is -0.786. The molecule has 1 saturated carbocycles. The van der Waals surface area contributed by atoms with Gasteiger partial charge in [0.1, 0.15) is 11.5 Å². The summed E-state index contributed by atoms with van der Waals surface area (Å²) in [6, 6.07) is 3.36. The Morgan fingerprint density at radius 3 is 2.86 bits per heavy atom. The lowest BCUT2D eigenvalue weighted by Gasteiger charge is -2.17. The molecule has 1 aromatic carbocycles. The van der Waals surface area contributed by atoms with Crippen molar-refractivity contribution in [2.75, 3.05) is 5.73 Å². The number of thiazole rings is 1. The number of nitrogens with two attached hydrogens (primary N) is 1. The van der Waals surface area contributed by atoms with E-state index in [0.29, 0.717) is 40.1 Å². The van der Waals surface area contributed by atoms with Crippen LogP contribution in [0.2, 0.25) is 0 Å². The van der Waals surface area contributed by atoms with Crippen molar-refractivity contribution in [3.63, 3.8) is 0 Å². The van der Waals surface area contributed by atoms with Crippen LogP contribution in [0.3, 0.4) is 0 Å². The molecule has 5 N–H and O–H groups in total. The van der Waals surface area contributed by atoms with Gasteiger partial charge in [0.25, 0.3) is 5.91 Å². The molecule has 1 fully saturated rings. The first kappa shape index (κ1) is 21.7. The average molecular weight is 485 g/mol. The smallest absolute Gasteiger partial charge is 0.271 e. The summed E-state index contributed by atoms with van der Waals surface area (Å²) in [4.78, 5) is 29.7. The molecule has 10 heteroatoms. The quantitative estimate of drug-likeness (QED) is 0.501. The van der Waals surface area contributed by atoms with Gasteiger partial charge in [0.15, 0.2) is 5.13 Å². The number of hydrogen-bond acceptors (Lipinski definition) is 6. The van der Waals surface area contributed by atoms with Gasteiger partial charge in [0.05, 0.1) is 18.6 Å². The highest BCUT2D eigenvalue weighted by Crippen LogP contribution is 2.24. The molecule has 0 spiro atoms. The zero-order valence-electron chi connectivity index (χ0n) is 15.7. The number of amides is 2. The topological polar surface area (TPSA) is 117 Å². The first-order valence-corrected chi connectivity index (χ1v) is 10.8. The maximum absolute atomic E-state index is 13.4. The molecule has 1 heterocycles. The van der Waals surface area contributed by atoms with Crippen molar-refractivity contribution in [1.82, 2.24) is 15.6 Å². The highest BCUT2D eigenvalue weighted by Gasteiger charge is 2.35. The van der Waals surface area contributed by atoms with Gasteiger partial charge in [-0.25, -0.2) is 9.37 Å². The lowest BCUT2D eigenvalue weighted by molar-refractivity contribution is -0.121. The summed E-state index contributed by atoms with van der Waals surface area (Å²) in [6.07, 6.45) is 0.563. The zero-order valence-corrected chi connectivity index (χ0v) is 18.1. The number of anilines is 1. The number of hydrogen-bond donors (Lipinski definition) is 4. The molecule has 0 unspecified atom stereocenters. The van der Waals surface area contributed by atoms with Gasteiger partial charge in [-0.05, 0) is 43.0 Å². The molecule has 0 bridgehead atoms. The molecule has 2 aromatic rings. The van der Waals surface area contributed by atoms with E-state index in [1.54, 1.807) is 6.07 Å². The van der Waals surface area contributed by atoms with Gasteiger partial charge in [-0.1, -0.05) is 22.9 Å². The highest BCUT2D eigenvalue weighted by molar-refractivity contribution is 9.10. The van der Waals surface area contributed by atoms with Crippen LogP contribution in [-0.2, 0) is 17.6 Å². The molecule has 3 atom stereocenters. The molecule has 1 aliphatic rings. The Balaban J connectivity index is 1.57. The van der Waals surface area contributed by atoms with Crippen LogP contribution in [0.25, 0.3) is 0 Å². The van der Waals surface area contributed by atoms with E-state index in [2.05, 4.69) is 31.5 Å². The molecule has 2 amide bonds. The van der Waals surface area contributed by atoms with E-state index >= 15 is 0 Å². The van der Waals surface area contributed by atoms with Crippen molar-refractivity contribution >= 4 is 44.2 Å². The number of aromatic nitrogens is 1. The number of nitrogens with one attached hydrogen (secondary N) is 2. The third kappa shape index (κ3) is 5.31. The Morgan fingerprint density at radius 2 is 2.14 bits per heavy atom. The van der Waals surface area contributed by atoms with E-state index < -0.39 is 18.0 Å². The van der Waals surface area contributed by atoms with Crippen LogP contribution in [0.1, 0.15) is 40.7 Å². The maximum atomic E-state index is 13.4. The van der Waals surface area contributed by atoms with Gasteiger partial charge in [-0.15, -0.1) is 11.3 Å². The zero-order chi connectivity index (χ0) is 21.1. The number of carbonyl (C=O) groups is 2. The van der Waals surface area contributed by atoms with Crippen LogP contribution in [-0.4, -0.2) is 40.1 Å². The maximum Gasteiger partial charge on any atom is 0.271 e. The Morgan fingerprint density at radius 1 is 1.38 bits per heavy atom. The van der Waals surface area contributed by atoms with Gasteiger partial charge in [-0.2, -0.15) is 0 Å². The molecular formula is C19H22BrFN4O3S. The SMILES string of the molecule is CCc1sc(N)nc1C(=O)N[C@H]1C[C@H](NC(=O)Cc2cc(F)ccc2Br)[C@@H](O)C1. The summed E-state index contributed by atoms with van der Waals surface area (Å²) in [5.74, 6) is -1.08. The molecule has 3 rings (SSSR count). The molecular weight excluding hydrogens is 463 g/mol. The van der Waals surface area contributed by atoms with Gasteiger partial charge in [0.2, 0.25) is 5.91 Å². The molecule has 7 nitrogen and oxygen atoms in total. The standard InChI is InChI=1S/C19H22BrFN4O3S/c1-2-15-17(25-19(22)29-15)18(28)23-11-7-13(14(26)8-11)24-16(27)6-9-5-10(21)3-4-12(9)20/h3-5,11,13-14,26H,2,6-8H2,1H3,(H2,22,25)(H,23,28)(H,24,27)/t11-,13-,14-/m0/s1. The summed E-state index contributed by atoms with van der Waals surface area (Å²) >= 11 is 4.58. The van der Waals surface area contributed by atoms with E-state index in [9.17, 15) is 19.1 Å². The van der Waals surface area contributed by atoms with Crippen molar-refractivity contribution in [3.05, 3.63) is 44.6 Å². The second-order valence-corrected chi connectivity index (χ2v) is 8.94. The normalized spacial score (nSPS) is 21.2. The Bertz CT molecular complexity index is 923. The fraction of sp³-hybridized carbons (Fsp3) is 0.421. The van der Waals surface area contributed by atoms with Gasteiger partial charge in [0, 0.05) is 15.4 Å². The summed E-state index contributed by atoms with van der Waals surface area (Å²) in [5, 5.41) is 16.3. The van der Waals surface area contributed by atoms with Gasteiger partial charge >= 0.3 is 0 Å². The predicted molar refractivity (Wildman–Crippen MR) is 112 cm³/mol. The lowest BCUT2D eigenvalue weighted by Crippen LogP contribution is -2.41. The number of halogens is 2. The van der Waals surface area contributed by atoms with Crippen LogP contribution in [0.4, 0.5) is 9.52 Å². The number of rotatable bonds is 6. The summed E-state index contributed by atoms with van der Waals surface area (Å²) in [6.45, 7) is 1.92. The monoisotopic (exact) mass is 484 g/mol. The van der Waals surface area contributed by atoms with E-state index in [4.69, 9.17) is 5.73 Å².